The summed E-state index contributed by atoms with van der Waals surface area (Å²) in [7, 11) is 1.80. The minimum absolute atomic E-state index is 0.219. The van der Waals surface area contributed by atoms with Crippen molar-refractivity contribution >= 4 is 0 Å². The number of aryl methyl sites for hydroxylation is 2. The maximum atomic E-state index is 5.75. The quantitative estimate of drug-likeness (QED) is 0.607. The molecule has 104 valence electrons. The molecule has 0 aromatic heterocycles. The van der Waals surface area contributed by atoms with Gasteiger partial charge in [0.25, 0.3) is 0 Å². The van der Waals surface area contributed by atoms with Crippen molar-refractivity contribution in [3.63, 3.8) is 0 Å². The average molecular weight is 260 g/mol. The van der Waals surface area contributed by atoms with Crippen LogP contribution in [0, 0.1) is 5.92 Å². The van der Waals surface area contributed by atoms with E-state index in [-0.39, 0.29) is 12.1 Å². The summed E-state index contributed by atoms with van der Waals surface area (Å²) in [6.45, 7) is 0. The molecular weight excluding hydrogens is 236 g/mol. The Bertz CT molecular complexity index is 442. The number of fused-ring (bicyclic) bond motifs is 1. The van der Waals surface area contributed by atoms with Gasteiger partial charge in [-0.2, -0.15) is 0 Å². The van der Waals surface area contributed by atoms with Crippen LogP contribution in [0.4, 0.5) is 0 Å². The standard InChI is InChI=1S/C16H24N2O/c1-19-16(13-7-8-13)15(18-17)10-11-5-6-12-3-2-4-14(12)9-11/h5-6,9,13,15-16,18H,2-4,7-8,10,17H2,1H3. The summed E-state index contributed by atoms with van der Waals surface area (Å²) in [4.78, 5) is 0. The van der Waals surface area contributed by atoms with E-state index in [9.17, 15) is 0 Å². The topological polar surface area (TPSA) is 47.3 Å². The zero-order valence-corrected chi connectivity index (χ0v) is 11.7. The van der Waals surface area contributed by atoms with Crippen molar-refractivity contribution in [2.24, 2.45) is 11.8 Å². The molecule has 19 heavy (non-hydrogen) atoms. The largest absolute Gasteiger partial charge is 0.379 e. The number of ether oxygens (including phenoxy) is 1. The molecule has 0 saturated heterocycles. The lowest BCUT2D eigenvalue weighted by molar-refractivity contribution is 0.0511. The molecule has 3 heteroatoms. The van der Waals surface area contributed by atoms with E-state index >= 15 is 0 Å². The van der Waals surface area contributed by atoms with E-state index in [2.05, 4.69) is 23.6 Å². The van der Waals surface area contributed by atoms with Gasteiger partial charge < -0.3 is 4.74 Å². The van der Waals surface area contributed by atoms with Crippen molar-refractivity contribution in [3.8, 4) is 0 Å². The van der Waals surface area contributed by atoms with Gasteiger partial charge in [-0.3, -0.25) is 11.3 Å². The van der Waals surface area contributed by atoms with Crippen LogP contribution in [0.3, 0.4) is 0 Å². The van der Waals surface area contributed by atoms with Crippen molar-refractivity contribution < 1.29 is 4.74 Å². The zero-order chi connectivity index (χ0) is 13.2. The number of rotatable bonds is 6. The Hall–Kier alpha value is -0.900. The lowest BCUT2D eigenvalue weighted by atomic mass is 9.96. The van der Waals surface area contributed by atoms with Gasteiger partial charge in [0.05, 0.1) is 12.1 Å². The molecule has 3 N–H and O–H groups in total. The zero-order valence-electron chi connectivity index (χ0n) is 11.7. The number of hydrazine groups is 1. The molecule has 2 unspecified atom stereocenters. The Kier molecular flexibility index (Phi) is 3.87. The minimum Gasteiger partial charge on any atom is -0.379 e. The fraction of sp³-hybridized carbons (Fsp3) is 0.625. The summed E-state index contributed by atoms with van der Waals surface area (Å²) in [6, 6.07) is 7.14. The van der Waals surface area contributed by atoms with E-state index in [0.717, 1.165) is 6.42 Å². The molecule has 0 amide bonds. The van der Waals surface area contributed by atoms with Crippen LogP contribution in [0.5, 0.6) is 0 Å². The van der Waals surface area contributed by atoms with E-state index in [1.165, 1.54) is 48.8 Å². The van der Waals surface area contributed by atoms with Crippen LogP contribution in [0.15, 0.2) is 18.2 Å². The van der Waals surface area contributed by atoms with Crippen molar-refractivity contribution in [2.75, 3.05) is 7.11 Å². The van der Waals surface area contributed by atoms with Crippen molar-refractivity contribution in [2.45, 2.75) is 50.7 Å². The van der Waals surface area contributed by atoms with Gasteiger partial charge in [-0.25, -0.2) is 0 Å². The second-order valence-corrected chi connectivity index (χ2v) is 5.97. The van der Waals surface area contributed by atoms with Crippen molar-refractivity contribution in [1.29, 1.82) is 0 Å². The summed E-state index contributed by atoms with van der Waals surface area (Å²) in [5, 5.41) is 0. The van der Waals surface area contributed by atoms with E-state index < -0.39 is 0 Å². The number of hydrogen-bond donors (Lipinski definition) is 2. The Morgan fingerprint density at radius 1 is 1.32 bits per heavy atom. The third kappa shape index (κ3) is 2.83. The van der Waals surface area contributed by atoms with Gasteiger partial charge >= 0.3 is 0 Å². The van der Waals surface area contributed by atoms with Crippen molar-refractivity contribution in [3.05, 3.63) is 34.9 Å². The summed E-state index contributed by atoms with van der Waals surface area (Å²) in [6.07, 6.45) is 7.55. The molecule has 3 nitrogen and oxygen atoms in total. The molecule has 0 radical (unpaired) electrons. The molecule has 0 heterocycles. The first-order chi connectivity index (χ1) is 9.31. The Balaban J connectivity index is 1.71. The maximum Gasteiger partial charge on any atom is 0.0769 e. The molecule has 2 atom stereocenters. The maximum absolute atomic E-state index is 5.75. The lowest BCUT2D eigenvalue weighted by Gasteiger charge is -2.25. The van der Waals surface area contributed by atoms with Crippen molar-refractivity contribution in [1.82, 2.24) is 5.43 Å². The number of benzene rings is 1. The highest BCUT2D eigenvalue weighted by atomic mass is 16.5. The van der Waals surface area contributed by atoms with Crippen LogP contribution in [0.2, 0.25) is 0 Å². The Morgan fingerprint density at radius 2 is 2.11 bits per heavy atom. The third-order valence-corrected chi connectivity index (χ3v) is 4.59. The van der Waals surface area contributed by atoms with E-state index in [4.69, 9.17) is 10.6 Å². The summed E-state index contributed by atoms with van der Waals surface area (Å²) < 4.78 is 5.65. The van der Waals surface area contributed by atoms with Gasteiger partial charge in [0.15, 0.2) is 0 Å². The molecule has 1 fully saturated rings. The van der Waals surface area contributed by atoms with E-state index in [1.54, 1.807) is 7.11 Å². The lowest BCUT2D eigenvalue weighted by Crippen LogP contribution is -2.47. The summed E-state index contributed by atoms with van der Waals surface area (Å²) >= 11 is 0. The van der Waals surface area contributed by atoms with Gasteiger partial charge in [0.2, 0.25) is 0 Å². The van der Waals surface area contributed by atoms with Gasteiger partial charge in [-0.1, -0.05) is 18.2 Å². The molecule has 1 aromatic carbocycles. The molecule has 2 aliphatic rings. The first-order valence-electron chi connectivity index (χ1n) is 7.41. The van der Waals surface area contributed by atoms with Gasteiger partial charge in [0, 0.05) is 7.11 Å². The molecule has 0 spiro atoms. The van der Waals surface area contributed by atoms with E-state index in [1.807, 2.05) is 0 Å². The van der Waals surface area contributed by atoms with Crippen LogP contribution in [0.1, 0.15) is 36.0 Å². The van der Waals surface area contributed by atoms with Crippen LogP contribution < -0.4 is 11.3 Å². The molecule has 1 aromatic rings. The first kappa shape index (κ1) is 13.1. The highest BCUT2D eigenvalue weighted by Gasteiger charge is 2.36. The van der Waals surface area contributed by atoms with Gasteiger partial charge in [0.1, 0.15) is 0 Å². The number of methoxy groups -OCH3 is 1. The van der Waals surface area contributed by atoms with Gasteiger partial charge in [-0.05, 0) is 61.1 Å². The van der Waals surface area contributed by atoms with E-state index in [0.29, 0.717) is 5.92 Å². The van der Waals surface area contributed by atoms with Gasteiger partial charge in [-0.15, -0.1) is 0 Å². The summed E-state index contributed by atoms with van der Waals surface area (Å²) in [5.74, 6) is 6.44. The molecule has 1 saturated carbocycles. The monoisotopic (exact) mass is 260 g/mol. The molecule has 0 aliphatic heterocycles. The SMILES string of the molecule is COC(C1CC1)C(Cc1ccc2c(c1)CCC2)NN. The summed E-state index contributed by atoms with van der Waals surface area (Å²) in [5.41, 5.74) is 7.42. The minimum atomic E-state index is 0.219. The fourth-order valence-corrected chi connectivity index (χ4v) is 3.39. The van der Waals surface area contributed by atoms with Crippen LogP contribution in [-0.4, -0.2) is 19.3 Å². The van der Waals surface area contributed by atoms with Crippen LogP contribution in [0.25, 0.3) is 0 Å². The highest BCUT2D eigenvalue weighted by Crippen LogP contribution is 2.36. The molecular formula is C16H24N2O. The second kappa shape index (κ2) is 5.61. The van der Waals surface area contributed by atoms with Crippen LogP contribution >= 0.6 is 0 Å². The predicted octanol–water partition coefficient (Wildman–Crippen LogP) is 1.97. The highest BCUT2D eigenvalue weighted by molar-refractivity contribution is 5.35. The average Bonchev–Trinajstić information content (AvgIpc) is 3.15. The number of nitrogens with one attached hydrogen (secondary N) is 1. The third-order valence-electron chi connectivity index (χ3n) is 4.59. The second-order valence-electron chi connectivity index (χ2n) is 5.97. The molecule has 3 rings (SSSR count). The van der Waals surface area contributed by atoms with Crippen LogP contribution in [-0.2, 0) is 24.0 Å². The smallest absolute Gasteiger partial charge is 0.0769 e. The fourth-order valence-electron chi connectivity index (χ4n) is 3.39. The first-order valence-corrected chi connectivity index (χ1v) is 7.41. The number of hydrogen-bond acceptors (Lipinski definition) is 3. The number of nitrogens with two attached hydrogens (primary N) is 1. The normalized spacial score (nSPS) is 21.2. The Labute approximate surface area is 115 Å². The Morgan fingerprint density at radius 3 is 2.79 bits per heavy atom. The predicted molar refractivity (Wildman–Crippen MR) is 76.8 cm³/mol. The molecule has 0 bridgehead atoms. The molecule has 2 aliphatic carbocycles.